The molecule has 27 heavy (non-hydrogen) atoms. The highest BCUT2D eigenvalue weighted by Crippen LogP contribution is 2.31. The van der Waals surface area contributed by atoms with E-state index in [2.05, 4.69) is 11.2 Å². The normalized spacial score (nSPS) is 12.9. The minimum absolute atomic E-state index is 0.0104. The number of Topliss-reactive ketones (excluding diaryl/α,β-unsaturated/α-hetero) is 1. The van der Waals surface area contributed by atoms with Gasteiger partial charge < -0.3 is 9.73 Å². The van der Waals surface area contributed by atoms with E-state index in [0.717, 1.165) is 0 Å². The second-order valence-corrected chi connectivity index (χ2v) is 6.39. The number of anilines is 1. The molecule has 0 fully saturated rings. The zero-order valence-electron chi connectivity index (χ0n) is 15.3. The number of rotatable bonds is 4. The van der Waals surface area contributed by atoms with Crippen molar-refractivity contribution in [2.75, 3.05) is 18.5 Å². The van der Waals surface area contributed by atoms with E-state index in [1.807, 2.05) is 0 Å². The lowest BCUT2D eigenvalue weighted by molar-refractivity contribution is -0.119. The maximum atomic E-state index is 13.2. The van der Waals surface area contributed by atoms with Crippen molar-refractivity contribution in [2.24, 2.45) is 0 Å². The standard InChI is InChI=1S/C21H20N2O4/c1-4-14-7-5-8-15(11-14)23(12-18(25)22-3)21(26)20-13(2)19-16(24)9-6-10-17(19)27-20/h1,5,7-8,11H,6,9-10,12H2,2-3H3,(H,22,25). The van der Waals surface area contributed by atoms with Crippen molar-refractivity contribution in [1.29, 1.82) is 0 Å². The Labute approximate surface area is 157 Å². The summed E-state index contributed by atoms with van der Waals surface area (Å²) in [6, 6.07) is 6.81. The minimum Gasteiger partial charge on any atom is -0.455 e. The molecule has 2 amide bonds. The van der Waals surface area contributed by atoms with Gasteiger partial charge in [0.25, 0.3) is 5.91 Å². The van der Waals surface area contributed by atoms with Crippen molar-refractivity contribution in [3.63, 3.8) is 0 Å². The summed E-state index contributed by atoms with van der Waals surface area (Å²) in [7, 11) is 1.50. The van der Waals surface area contributed by atoms with Crippen LogP contribution in [0.1, 0.15) is 50.6 Å². The summed E-state index contributed by atoms with van der Waals surface area (Å²) >= 11 is 0. The van der Waals surface area contributed by atoms with Crippen molar-refractivity contribution in [2.45, 2.75) is 26.2 Å². The number of hydrogen-bond acceptors (Lipinski definition) is 4. The molecule has 0 atom stereocenters. The second kappa shape index (κ2) is 7.50. The SMILES string of the molecule is C#Cc1cccc(N(CC(=O)NC)C(=O)c2oc3c(c2C)C(=O)CCC3)c1. The van der Waals surface area contributed by atoms with E-state index in [-0.39, 0.29) is 24.0 Å². The largest absolute Gasteiger partial charge is 0.455 e. The minimum atomic E-state index is -0.479. The monoisotopic (exact) mass is 364 g/mol. The zero-order valence-corrected chi connectivity index (χ0v) is 15.3. The van der Waals surface area contributed by atoms with Crippen LogP contribution in [0.2, 0.25) is 0 Å². The highest BCUT2D eigenvalue weighted by molar-refractivity contribution is 6.10. The molecule has 0 spiro atoms. The van der Waals surface area contributed by atoms with Gasteiger partial charge in [0.1, 0.15) is 12.3 Å². The van der Waals surface area contributed by atoms with Gasteiger partial charge in [0.15, 0.2) is 11.5 Å². The molecule has 1 heterocycles. The number of furan rings is 1. The van der Waals surface area contributed by atoms with Gasteiger partial charge in [0, 0.05) is 36.7 Å². The molecule has 6 nitrogen and oxygen atoms in total. The summed E-state index contributed by atoms with van der Waals surface area (Å²) in [5.41, 5.74) is 2.10. The first kappa shape index (κ1) is 18.5. The first-order valence-corrected chi connectivity index (χ1v) is 8.70. The summed E-state index contributed by atoms with van der Waals surface area (Å²) in [5.74, 6) is 2.33. The van der Waals surface area contributed by atoms with Gasteiger partial charge in [-0.3, -0.25) is 19.3 Å². The topological polar surface area (TPSA) is 79.6 Å². The van der Waals surface area contributed by atoms with Gasteiger partial charge in [-0.25, -0.2) is 0 Å². The van der Waals surface area contributed by atoms with Crippen LogP contribution in [0.5, 0.6) is 0 Å². The highest BCUT2D eigenvalue weighted by atomic mass is 16.4. The molecule has 1 aromatic heterocycles. The number of benzene rings is 1. The number of nitrogens with zero attached hydrogens (tertiary/aromatic N) is 1. The van der Waals surface area contributed by atoms with E-state index < -0.39 is 5.91 Å². The van der Waals surface area contributed by atoms with E-state index in [1.54, 1.807) is 31.2 Å². The van der Waals surface area contributed by atoms with E-state index in [0.29, 0.717) is 47.4 Å². The lowest BCUT2D eigenvalue weighted by Gasteiger charge is -2.21. The van der Waals surface area contributed by atoms with Crippen molar-refractivity contribution >= 4 is 23.3 Å². The number of ketones is 1. The number of hydrogen-bond donors (Lipinski definition) is 1. The number of amides is 2. The Morgan fingerprint density at radius 3 is 2.78 bits per heavy atom. The first-order valence-electron chi connectivity index (χ1n) is 8.70. The van der Waals surface area contributed by atoms with E-state index in [9.17, 15) is 14.4 Å². The molecule has 1 aliphatic carbocycles. The lowest BCUT2D eigenvalue weighted by atomic mass is 9.94. The van der Waals surface area contributed by atoms with Crippen LogP contribution in [0, 0.1) is 19.3 Å². The number of likely N-dealkylation sites (N-methyl/N-ethyl adjacent to an activating group) is 1. The van der Waals surface area contributed by atoms with Crippen LogP contribution in [-0.4, -0.2) is 31.2 Å². The molecule has 1 aromatic carbocycles. The molecular formula is C21H20N2O4. The first-order chi connectivity index (χ1) is 13.0. The maximum absolute atomic E-state index is 13.2. The van der Waals surface area contributed by atoms with Gasteiger partial charge in [0.2, 0.25) is 5.91 Å². The second-order valence-electron chi connectivity index (χ2n) is 6.39. The Bertz CT molecular complexity index is 965. The molecule has 6 heteroatoms. The van der Waals surface area contributed by atoms with Crippen molar-refractivity contribution in [1.82, 2.24) is 5.32 Å². The molecule has 0 bridgehead atoms. The third-order valence-electron chi connectivity index (χ3n) is 4.65. The number of carbonyl (C=O) groups is 3. The van der Waals surface area contributed by atoms with Gasteiger partial charge in [-0.15, -0.1) is 6.42 Å². The molecule has 138 valence electrons. The molecule has 0 radical (unpaired) electrons. The van der Waals surface area contributed by atoms with Gasteiger partial charge >= 0.3 is 0 Å². The summed E-state index contributed by atoms with van der Waals surface area (Å²) in [6.45, 7) is 1.51. The summed E-state index contributed by atoms with van der Waals surface area (Å²) in [6.07, 6.45) is 7.23. The molecule has 1 N–H and O–H groups in total. The number of fused-ring (bicyclic) bond motifs is 1. The van der Waals surface area contributed by atoms with E-state index in [4.69, 9.17) is 10.8 Å². The van der Waals surface area contributed by atoms with Crippen LogP contribution in [0.4, 0.5) is 5.69 Å². The number of carbonyl (C=O) groups excluding carboxylic acids is 3. The fourth-order valence-corrected chi connectivity index (χ4v) is 3.24. The summed E-state index contributed by atoms with van der Waals surface area (Å²) < 4.78 is 5.76. The molecule has 0 saturated carbocycles. The van der Waals surface area contributed by atoms with Gasteiger partial charge in [-0.2, -0.15) is 0 Å². The fraction of sp³-hybridized carbons (Fsp3) is 0.286. The predicted octanol–water partition coefficient (Wildman–Crippen LogP) is 2.48. The van der Waals surface area contributed by atoms with Crippen LogP contribution in [0.15, 0.2) is 28.7 Å². The summed E-state index contributed by atoms with van der Waals surface area (Å²) in [4.78, 5) is 38.7. The smallest absolute Gasteiger partial charge is 0.294 e. The quantitative estimate of drug-likeness (QED) is 0.846. The Morgan fingerprint density at radius 1 is 1.33 bits per heavy atom. The Kier molecular flexibility index (Phi) is 5.13. The Hall–Kier alpha value is -3.33. The van der Waals surface area contributed by atoms with Gasteiger partial charge in [-0.1, -0.05) is 12.0 Å². The van der Waals surface area contributed by atoms with Crippen LogP contribution in [0.25, 0.3) is 0 Å². The Morgan fingerprint density at radius 2 is 2.11 bits per heavy atom. The van der Waals surface area contributed by atoms with Gasteiger partial charge in [-0.05, 0) is 31.5 Å². The third-order valence-corrected chi connectivity index (χ3v) is 4.65. The zero-order chi connectivity index (χ0) is 19.6. The van der Waals surface area contributed by atoms with Crippen molar-refractivity contribution in [3.8, 4) is 12.3 Å². The van der Waals surface area contributed by atoms with E-state index >= 15 is 0 Å². The predicted molar refractivity (Wildman–Crippen MR) is 101 cm³/mol. The van der Waals surface area contributed by atoms with Gasteiger partial charge in [0.05, 0.1) is 5.56 Å². The molecule has 1 aliphatic rings. The average Bonchev–Trinajstić information content (AvgIpc) is 3.03. The molecular weight excluding hydrogens is 344 g/mol. The van der Waals surface area contributed by atoms with Crippen LogP contribution in [-0.2, 0) is 11.2 Å². The van der Waals surface area contributed by atoms with E-state index in [1.165, 1.54) is 11.9 Å². The van der Waals surface area contributed by atoms with Crippen molar-refractivity contribution < 1.29 is 18.8 Å². The third kappa shape index (κ3) is 3.49. The average molecular weight is 364 g/mol. The van der Waals surface area contributed by atoms with Crippen LogP contribution in [0.3, 0.4) is 0 Å². The number of nitrogens with one attached hydrogen (secondary N) is 1. The van der Waals surface area contributed by atoms with Crippen LogP contribution < -0.4 is 10.2 Å². The Balaban J connectivity index is 2.05. The number of terminal acetylenes is 1. The lowest BCUT2D eigenvalue weighted by Crippen LogP contribution is -2.40. The van der Waals surface area contributed by atoms with Crippen molar-refractivity contribution in [3.05, 3.63) is 52.5 Å². The summed E-state index contributed by atoms with van der Waals surface area (Å²) in [5, 5.41) is 2.51. The number of aryl methyl sites for hydroxylation is 1. The highest BCUT2D eigenvalue weighted by Gasteiger charge is 2.32. The molecule has 2 aromatic rings. The molecule has 0 saturated heterocycles. The molecule has 3 rings (SSSR count). The molecule has 0 unspecified atom stereocenters. The van der Waals surface area contributed by atoms with Crippen LogP contribution >= 0.6 is 0 Å². The fourth-order valence-electron chi connectivity index (χ4n) is 3.24. The molecule has 0 aliphatic heterocycles. The maximum Gasteiger partial charge on any atom is 0.294 e.